The lowest BCUT2D eigenvalue weighted by Gasteiger charge is -2.18. The normalized spacial score (nSPS) is 12.6. The van der Waals surface area contributed by atoms with E-state index in [-0.39, 0.29) is 12.0 Å². The van der Waals surface area contributed by atoms with Gasteiger partial charge in [-0.3, -0.25) is 9.79 Å². The molecule has 1 aromatic rings. The molecule has 0 spiro atoms. The van der Waals surface area contributed by atoms with Crippen LogP contribution in [0.3, 0.4) is 0 Å². The molecule has 0 amide bonds. The lowest BCUT2D eigenvalue weighted by atomic mass is 10.1. The molecule has 21 heavy (non-hydrogen) atoms. The monoisotopic (exact) mass is 291 g/mol. The van der Waals surface area contributed by atoms with Crippen molar-refractivity contribution in [3.05, 3.63) is 35.9 Å². The van der Waals surface area contributed by atoms with Crippen molar-refractivity contribution in [3.63, 3.8) is 0 Å². The maximum absolute atomic E-state index is 11.0. The quantitative estimate of drug-likeness (QED) is 0.350. The number of ether oxygens (including phenoxy) is 1. The highest BCUT2D eigenvalue weighted by atomic mass is 16.5. The van der Waals surface area contributed by atoms with Gasteiger partial charge >= 0.3 is 5.97 Å². The Hall–Kier alpha value is -2.04. The van der Waals surface area contributed by atoms with E-state index < -0.39 is 0 Å². The number of unbranched alkanes of at least 4 members (excludes halogenated alkanes) is 1. The molecular formula is C16H25N3O2. The lowest BCUT2D eigenvalue weighted by Crippen LogP contribution is -2.39. The molecule has 0 saturated heterocycles. The maximum atomic E-state index is 11.0. The van der Waals surface area contributed by atoms with Crippen LogP contribution in [0.2, 0.25) is 0 Å². The van der Waals surface area contributed by atoms with Gasteiger partial charge < -0.3 is 15.4 Å². The predicted molar refractivity (Wildman–Crippen MR) is 85.2 cm³/mol. The molecule has 1 rings (SSSR count). The Morgan fingerprint density at radius 3 is 2.62 bits per heavy atom. The summed E-state index contributed by atoms with van der Waals surface area (Å²) in [6.07, 6.45) is 2.17. The zero-order chi connectivity index (χ0) is 15.5. The zero-order valence-corrected chi connectivity index (χ0v) is 13.1. The molecule has 1 aromatic carbocycles. The topological polar surface area (TPSA) is 62.7 Å². The second-order valence-electron chi connectivity index (χ2n) is 4.81. The molecule has 1 atom stereocenters. The van der Waals surface area contributed by atoms with Crippen LogP contribution in [0, 0.1) is 0 Å². The number of aliphatic imine (C=N–C) groups is 1. The van der Waals surface area contributed by atoms with Crippen molar-refractivity contribution in [2.45, 2.75) is 32.2 Å². The van der Waals surface area contributed by atoms with Crippen LogP contribution in [0.5, 0.6) is 0 Å². The van der Waals surface area contributed by atoms with Crippen molar-refractivity contribution in [1.29, 1.82) is 0 Å². The van der Waals surface area contributed by atoms with Crippen LogP contribution >= 0.6 is 0 Å². The SMILES string of the molecule is CN=C(NCCCCC(=O)OC)NC(C)c1ccccc1. The van der Waals surface area contributed by atoms with Gasteiger partial charge in [0.15, 0.2) is 5.96 Å². The predicted octanol–water partition coefficient (Wildman–Crippen LogP) is 2.26. The van der Waals surface area contributed by atoms with Crippen LogP contribution in [0.25, 0.3) is 0 Å². The molecule has 0 aromatic heterocycles. The van der Waals surface area contributed by atoms with Crippen LogP contribution < -0.4 is 10.6 Å². The van der Waals surface area contributed by atoms with E-state index >= 15 is 0 Å². The summed E-state index contributed by atoms with van der Waals surface area (Å²) in [7, 11) is 3.17. The standard InChI is InChI=1S/C16H25N3O2/c1-13(14-9-5-4-6-10-14)19-16(17-2)18-12-8-7-11-15(20)21-3/h4-6,9-10,13H,7-8,11-12H2,1-3H3,(H2,17,18,19). The molecule has 2 N–H and O–H groups in total. The summed E-state index contributed by atoms with van der Waals surface area (Å²) >= 11 is 0. The Kier molecular flexibility index (Phi) is 7.94. The van der Waals surface area contributed by atoms with Gasteiger partial charge in [-0.25, -0.2) is 0 Å². The fourth-order valence-electron chi connectivity index (χ4n) is 1.93. The van der Waals surface area contributed by atoms with E-state index in [4.69, 9.17) is 0 Å². The molecule has 1 unspecified atom stereocenters. The van der Waals surface area contributed by atoms with Gasteiger partial charge in [-0.15, -0.1) is 0 Å². The highest BCUT2D eigenvalue weighted by molar-refractivity contribution is 5.80. The van der Waals surface area contributed by atoms with Crippen LogP contribution in [-0.4, -0.2) is 32.6 Å². The van der Waals surface area contributed by atoms with Gasteiger partial charge in [-0.05, 0) is 25.3 Å². The van der Waals surface area contributed by atoms with Gasteiger partial charge in [0.2, 0.25) is 0 Å². The molecule has 116 valence electrons. The first-order valence-corrected chi connectivity index (χ1v) is 7.26. The number of carbonyl (C=O) groups excluding carboxylic acids is 1. The van der Waals surface area contributed by atoms with E-state index in [0.29, 0.717) is 6.42 Å². The number of hydrogen-bond acceptors (Lipinski definition) is 3. The largest absolute Gasteiger partial charge is 0.469 e. The number of methoxy groups -OCH3 is 1. The van der Waals surface area contributed by atoms with Gasteiger partial charge in [-0.1, -0.05) is 30.3 Å². The second-order valence-corrected chi connectivity index (χ2v) is 4.81. The summed E-state index contributed by atoms with van der Waals surface area (Å²) in [5.41, 5.74) is 1.21. The summed E-state index contributed by atoms with van der Waals surface area (Å²) in [4.78, 5) is 15.2. The summed E-state index contributed by atoms with van der Waals surface area (Å²) < 4.78 is 4.61. The average Bonchev–Trinajstić information content (AvgIpc) is 2.53. The smallest absolute Gasteiger partial charge is 0.305 e. The highest BCUT2D eigenvalue weighted by Gasteiger charge is 2.06. The van der Waals surface area contributed by atoms with Gasteiger partial charge in [0.1, 0.15) is 0 Å². The molecule has 0 fully saturated rings. The third kappa shape index (κ3) is 6.79. The highest BCUT2D eigenvalue weighted by Crippen LogP contribution is 2.10. The summed E-state index contributed by atoms with van der Waals surface area (Å²) in [6.45, 7) is 2.87. The van der Waals surface area contributed by atoms with E-state index in [1.807, 2.05) is 18.2 Å². The van der Waals surface area contributed by atoms with Crippen LogP contribution in [0.1, 0.15) is 37.8 Å². The molecular weight excluding hydrogens is 266 g/mol. The molecule has 5 heteroatoms. The van der Waals surface area contributed by atoms with Gasteiger partial charge in [0.25, 0.3) is 0 Å². The van der Waals surface area contributed by atoms with E-state index in [1.54, 1.807) is 7.05 Å². The number of carbonyl (C=O) groups is 1. The molecule has 0 aliphatic heterocycles. The number of benzene rings is 1. The van der Waals surface area contributed by atoms with Gasteiger partial charge in [0, 0.05) is 20.0 Å². The van der Waals surface area contributed by atoms with Crippen LogP contribution in [0.4, 0.5) is 0 Å². The second kappa shape index (κ2) is 9.80. The van der Waals surface area contributed by atoms with E-state index in [9.17, 15) is 4.79 Å². The first kappa shape index (κ1) is 17.0. The van der Waals surface area contributed by atoms with Crippen molar-refractivity contribution in [2.24, 2.45) is 4.99 Å². The van der Waals surface area contributed by atoms with Gasteiger partial charge in [-0.2, -0.15) is 0 Å². The Morgan fingerprint density at radius 2 is 2.00 bits per heavy atom. The van der Waals surface area contributed by atoms with Crippen LogP contribution in [0.15, 0.2) is 35.3 Å². The van der Waals surface area contributed by atoms with Crippen molar-refractivity contribution < 1.29 is 9.53 Å². The van der Waals surface area contributed by atoms with Crippen molar-refractivity contribution in [2.75, 3.05) is 20.7 Å². The molecule has 0 aliphatic rings. The van der Waals surface area contributed by atoms with E-state index in [2.05, 4.69) is 39.4 Å². The average molecular weight is 291 g/mol. The molecule has 0 bridgehead atoms. The third-order valence-corrected chi connectivity index (χ3v) is 3.20. The Morgan fingerprint density at radius 1 is 1.29 bits per heavy atom. The Bertz CT molecular complexity index is 446. The number of nitrogens with zero attached hydrogens (tertiary/aromatic N) is 1. The van der Waals surface area contributed by atoms with E-state index in [0.717, 1.165) is 25.3 Å². The van der Waals surface area contributed by atoms with E-state index in [1.165, 1.54) is 12.7 Å². The Labute approximate surface area is 126 Å². The minimum Gasteiger partial charge on any atom is -0.469 e. The summed E-state index contributed by atoms with van der Waals surface area (Å²) in [5, 5.41) is 6.59. The molecule has 0 heterocycles. The molecule has 0 aliphatic carbocycles. The van der Waals surface area contributed by atoms with Crippen molar-refractivity contribution in [3.8, 4) is 0 Å². The summed E-state index contributed by atoms with van der Waals surface area (Å²) in [6, 6.07) is 10.4. The number of esters is 1. The minimum absolute atomic E-state index is 0.157. The van der Waals surface area contributed by atoms with Crippen molar-refractivity contribution >= 4 is 11.9 Å². The summed E-state index contributed by atoms with van der Waals surface area (Å²) in [5.74, 6) is 0.611. The number of nitrogens with one attached hydrogen (secondary N) is 2. The lowest BCUT2D eigenvalue weighted by molar-refractivity contribution is -0.140. The number of rotatable bonds is 7. The molecule has 5 nitrogen and oxygen atoms in total. The molecule has 0 radical (unpaired) electrons. The zero-order valence-electron chi connectivity index (χ0n) is 13.1. The number of hydrogen-bond donors (Lipinski definition) is 2. The first-order chi connectivity index (χ1) is 10.2. The van der Waals surface area contributed by atoms with Crippen LogP contribution in [-0.2, 0) is 9.53 Å². The minimum atomic E-state index is -0.157. The fourth-order valence-corrected chi connectivity index (χ4v) is 1.93. The van der Waals surface area contributed by atoms with Crippen molar-refractivity contribution in [1.82, 2.24) is 10.6 Å². The number of guanidine groups is 1. The fraction of sp³-hybridized carbons (Fsp3) is 0.500. The Balaban J connectivity index is 2.28. The molecule has 0 saturated carbocycles. The maximum Gasteiger partial charge on any atom is 0.305 e. The van der Waals surface area contributed by atoms with Gasteiger partial charge in [0.05, 0.1) is 13.2 Å². The first-order valence-electron chi connectivity index (χ1n) is 7.26. The third-order valence-electron chi connectivity index (χ3n) is 3.20.